The van der Waals surface area contributed by atoms with Gasteiger partial charge in [-0.2, -0.15) is 0 Å². The molecule has 4 rings (SSSR count). The van der Waals surface area contributed by atoms with Crippen molar-refractivity contribution in [3.8, 4) is 0 Å². The first-order valence-electron chi connectivity index (χ1n) is 10.7. The van der Waals surface area contributed by atoms with E-state index in [2.05, 4.69) is 13.8 Å². The van der Waals surface area contributed by atoms with Gasteiger partial charge in [0.2, 0.25) is 0 Å². The Kier molecular flexibility index (Phi) is 4.38. The highest BCUT2D eigenvalue weighted by molar-refractivity contribution is 5.88. The molecular weight excluding hydrogens is 310 g/mol. The molecule has 3 heteroatoms. The van der Waals surface area contributed by atoms with Gasteiger partial charge in [0.05, 0.1) is 6.54 Å². The quantitative estimate of drug-likeness (QED) is 0.818. The van der Waals surface area contributed by atoms with Crippen LogP contribution in [0.5, 0.6) is 0 Å². The minimum absolute atomic E-state index is 0.0121. The molecule has 4 saturated carbocycles. The summed E-state index contributed by atoms with van der Waals surface area (Å²) in [6.07, 6.45) is 11.6. The summed E-state index contributed by atoms with van der Waals surface area (Å²) in [4.78, 5) is 26.0. The van der Waals surface area contributed by atoms with Gasteiger partial charge >= 0.3 is 0 Å². The van der Waals surface area contributed by atoms with Gasteiger partial charge in [-0.25, -0.2) is 0 Å². The van der Waals surface area contributed by atoms with Gasteiger partial charge in [-0.05, 0) is 67.1 Å². The zero-order valence-corrected chi connectivity index (χ0v) is 16.1. The Hall–Kier alpha value is -0.700. The zero-order chi connectivity index (χ0) is 17.8. The molecule has 0 saturated heterocycles. The van der Waals surface area contributed by atoms with Crippen LogP contribution in [0.1, 0.15) is 78.1 Å². The standard InChI is InChI=1S/C22H35NO2/c1-21-11-4-3-6-14(21)9-10-15-16-7-5-8-17(19(25)13-23)22(16,2)12-18(24)20(15)21/h14-17,20H,3-13,23H2,1-2H3. The summed E-state index contributed by atoms with van der Waals surface area (Å²) < 4.78 is 0. The summed E-state index contributed by atoms with van der Waals surface area (Å²) in [6.45, 7) is 4.81. The average molecular weight is 346 g/mol. The Labute approximate surface area is 152 Å². The van der Waals surface area contributed by atoms with E-state index in [1.165, 1.54) is 44.9 Å². The highest BCUT2D eigenvalue weighted by atomic mass is 16.1. The van der Waals surface area contributed by atoms with Crippen LogP contribution in [0, 0.1) is 40.4 Å². The number of carbonyl (C=O) groups excluding carboxylic acids is 2. The largest absolute Gasteiger partial charge is 0.324 e. The number of fused-ring (bicyclic) bond motifs is 5. The van der Waals surface area contributed by atoms with Crippen molar-refractivity contribution in [1.82, 2.24) is 0 Å². The number of Topliss-reactive ketones (excluding diaryl/α,β-unsaturated/α-hetero) is 2. The van der Waals surface area contributed by atoms with Crippen molar-refractivity contribution in [2.24, 2.45) is 46.2 Å². The summed E-state index contributed by atoms with van der Waals surface area (Å²) in [5.74, 6) is 2.75. The van der Waals surface area contributed by atoms with Crippen LogP contribution >= 0.6 is 0 Å². The van der Waals surface area contributed by atoms with E-state index in [-0.39, 0.29) is 35.0 Å². The van der Waals surface area contributed by atoms with Crippen molar-refractivity contribution >= 4 is 11.6 Å². The van der Waals surface area contributed by atoms with Crippen LogP contribution in [0.4, 0.5) is 0 Å². The van der Waals surface area contributed by atoms with Gasteiger partial charge in [0.1, 0.15) is 11.6 Å². The van der Waals surface area contributed by atoms with Gasteiger partial charge in [-0.15, -0.1) is 0 Å². The molecule has 0 aromatic heterocycles. The van der Waals surface area contributed by atoms with Crippen molar-refractivity contribution < 1.29 is 9.59 Å². The second-order valence-electron chi connectivity index (χ2n) is 10.1. The van der Waals surface area contributed by atoms with Crippen LogP contribution in [-0.2, 0) is 9.59 Å². The first-order valence-corrected chi connectivity index (χ1v) is 10.7. The van der Waals surface area contributed by atoms with Crippen molar-refractivity contribution in [3.63, 3.8) is 0 Å². The van der Waals surface area contributed by atoms with E-state index in [9.17, 15) is 9.59 Å². The third-order valence-corrected chi connectivity index (χ3v) is 9.10. The molecule has 7 unspecified atom stereocenters. The van der Waals surface area contributed by atoms with Crippen LogP contribution in [-0.4, -0.2) is 18.1 Å². The van der Waals surface area contributed by atoms with Crippen molar-refractivity contribution in [2.75, 3.05) is 6.54 Å². The lowest BCUT2D eigenvalue weighted by Gasteiger charge is -2.62. The van der Waals surface area contributed by atoms with Gasteiger partial charge in [0, 0.05) is 18.3 Å². The maximum atomic E-state index is 13.5. The van der Waals surface area contributed by atoms with Gasteiger partial charge in [0.15, 0.2) is 0 Å². The first-order chi connectivity index (χ1) is 11.9. The number of hydrogen-bond donors (Lipinski definition) is 1. The van der Waals surface area contributed by atoms with Gasteiger partial charge in [0.25, 0.3) is 0 Å². The average Bonchev–Trinajstić information content (AvgIpc) is 2.59. The van der Waals surface area contributed by atoms with E-state index in [0.717, 1.165) is 18.8 Å². The zero-order valence-electron chi connectivity index (χ0n) is 16.1. The highest BCUT2D eigenvalue weighted by Gasteiger charge is 2.62. The predicted octanol–water partition coefficient (Wildman–Crippen LogP) is 4.13. The molecule has 25 heavy (non-hydrogen) atoms. The molecule has 0 aromatic rings. The van der Waals surface area contributed by atoms with Crippen molar-refractivity contribution in [1.29, 1.82) is 0 Å². The lowest BCUT2D eigenvalue weighted by Crippen LogP contribution is -2.60. The molecule has 0 amide bonds. The predicted molar refractivity (Wildman–Crippen MR) is 98.9 cm³/mol. The lowest BCUT2D eigenvalue weighted by molar-refractivity contribution is -0.169. The summed E-state index contributed by atoms with van der Waals surface area (Å²) >= 11 is 0. The SMILES string of the molecule is CC12CC(=O)C3C(CCC4CCCCC43C)C1CCCC2C(=O)CN. The molecule has 4 aliphatic carbocycles. The number of nitrogens with two attached hydrogens (primary N) is 1. The van der Waals surface area contributed by atoms with E-state index in [4.69, 9.17) is 5.73 Å². The highest BCUT2D eigenvalue weighted by Crippen LogP contribution is 2.65. The molecule has 7 atom stereocenters. The molecule has 2 N–H and O–H groups in total. The summed E-state index contributed by atoms with van der Waals surface area (Å²) in [5.41, 5.74) is 5.82. The van der Waals surface area contributed by atoms with Crippen molar-refractivity contribution in [2.45, 2.75) is 78.1 Å². The molecule has 0 radical (unpaired) electrons. The smallest absolute Gasteiger partial charge is 0.150 e. The van der Waals surface area contributed by atoms with Gasteiger partial charge < -0.3 is 5.73 Å². The second kappa shape index (κ2) is 6.18. The van der Waals surface area contributed by atoms with E-state index >= 15 is 0 Å². The van der Waals surface area contributed by atoms with Crippen LogP contribution in [0.25, 0.3) is 0 Å². The Morgan fingerprint density at radius 1 is 1.04 bits per heavy atom. The third-order valence-electron chi connectivity index (χ3n) is 9.10. The topological polar surface area (TPSA) is 60.2 Å². The molecule has 4 aliphatic rings. The molecular formula is C22H35NO2. The molecule has 0 heterocycles. The van der Waals surface area contributed by atoms with Crippen LogP contribution in [0.15, 0.2) is 0 Å². The molecule has 3 nitrogen and oxygen atoms in total. The normalized spacial score (nSPS) is 49.7. The summed E-state index contributed by atoms with van der Waals surface area (Å²) in [5, 5.41) is 0. The van der Waals surface area contributed by atoms with E-state index in [1.807, 2.05) is 0 Å². The van der Waals surface area contributed by atoms with Gasteiger partial charge in [-0.3, -0.25) is 9.59 Å². The van der Waals surface area contributed by atoms with Crippen LogP contribution in [0.3, 0.4) is 0 Å². The van der Waals surface area contributed by atoms with Crippen LogP contribution < -0.4 is 5.73 Å². The number of hydrogen-bond acceptors (Lipinski definition) is 3. The monoisotopic (exact) mass is 345 g/mol. The molecule has 4 fully saturated rings. The number of rotatable bonds is 2. The summed E-state index contributed by atoms with van der Waals surface area (Å²) in [7, 11) is 0. The Balaban J connectivity index is 1.69. The first kappa shape index (κ1) is 17.7. The third kappa shape index (κ3) is 2.48. The van der Waals surface area contributed by atoms with Gasteiger partial charge in [-0.1, -0.05) is 33.1 Å². The fraction of sp³-hybridized carbons (Fsp3) is 0.909. The van der Waals surface area contributed by atoms with Crippen LogP contribution in [0.2, 0.25) is 0 Å². The van der Waals surface area contributed by atoms with E-state index in [1.54, 1.807) is 0 Å². The molecule has 0 bridgehead atoms. The lowest BCUT2D eigenvalue weighted by atomic mass is 9.41. The van der Waals surface area contributed by atoms with E-state index < -0.39 is 0 Å². The Morgan fingerprint density at radius 2 is 1.84 bits per heavy atom. The maximum absolute atomic E-state index is 13.5. The second-order valence-corrected chi connectivity index (χ2v) is 10.1. The number of ketones is 2. The Morgan fingerprint density at radius 3 is 2.60 bits per heavy atom. The van der Waals surface area contributed by atoms with Crippen molar-refractivity contribution in [3.05, 3.63) is 0 Å². The molecule has 140 valence electrons. The molecule has 0 spiro atoms. The Bertz CT molecular complexity index is 572. The molecule has 0 aliphatic heterocycles. The minimum atomic E-state index is -0.134. The van der Waals surface area contributed by atoms with E-state index in [0.29, 0.717) is 24.0 Å². The minimum Gasteiger partial charge on any atom is -0.324 e. The fourth-order valence-corrected chi connectivity index (χ4v) is 7.98. The molecule has 0 aromatic carbocycles. The fourth-order valence-electron chi connectivity index (χ4n) is 7.98. The maximum Gasteiger partial charge on any atom is 0.150 e. The summed E-state index contributed by atoms with van der Waals surface area (Å²) in [6, 6.07) is 0. The number of carbonyl (C=O) groups is 2.